The molecule has 1 fully saturated rings. The molecule has 1 aliphatic rings. The molecule has 0 saturated carbocycles. The van der Waals surface area contributed by atoms with Crippen LogP contribution in [0.15, 0.2) is 47.1 Å². The number of amides is 1. The predicted molar refractivity (Wildman–Crippen MR) is 118 cm³/mol. The summed E-state index contributed by atoms with van der Waals surface area (Å²) in [6.07, 6.45) is 2.25. The van der Waals surface area contributed by atoms with E-state index in [0.29, 0.717) is 18.0 Å². The third-order valence-corrected chi connectivity index (χ3v) is 7.63. The molecule has 0 unspecified atom stereocenters. The number of nitrogens with zero attached hydrogens (tertiary/aromatic N) is 1. The maximum atomic E-state index is 13.4. The molecular formula is C23H24ClNO4S. The van der Waals surface area contributed by atoms with Gasteiger partial charge >= 0.3 is 0 Å². The molecule has 0 aliphatic carbocycles. The van der Waals surface area contributed by atoms with Crippen LogP contribution in [-0.2, 0) is 27.6 Å². The van der Waals surface area contributed by atoms with E-state index < -0.39 is 9.84 Å². The van der Waals surface area contributed by atoms with Crippen molar-refractivity contribution in [3.63, 3.8) is 0 Å². The third kappa shape index (κ3) is 4.40. The predicted octanol–water partition coefficient (Wildman–Crippen LogP) is 4.46. The van der Waals surface area contributed by atoms with Gasteiger partial charge in [-0.3, -0.25) is 4.79 Å². The Balaban J connectivity index is 1.64. The summed E-state index contributed by atoms with van der Waals surface area (Å²) in [5, 5.41) is 1.54. The monoisotopic (exact) mass is 445 g/mol. The molecule has 1 saturated heterocycles. The van der Waals surface area contributed by atoms with E-state index in [1.807, 2.05) is 38.1 Å². The molecule has 1 amide bonds. The summed E-state index contributed by atoms with van der Waals surface area (Å²) in [6.45, 7) is 4.34. The van der Waals surface area contributed by atoms with Gasteiger partial charge in [-0.25, -0.2) is 8.42 Å². The lowest BCUT2D eigenvalue weighted by atomic mass is 10.0. The first-order valence-corrected chi connectivity index (χ1v) is 12.1. The van der Waals surface area contributed by atoms with Crippen molar-refractivity contribution in [2.24, 2.45) is 0 Å². The highest BCUT2D eigenvalue weighted by molar-refractivity contribution is 7.91. The Morgan fingerprint density at radius 3 is 2.73 bits per heavy atom. The number of rotatable bonds is 5. The Morgan fingerprint density at radius 1 is 1.23 bits per heavy atom. The van der Waals surface area contributed by atoms with Gasteiger partial charge < -0.3 is 9.32 Å². The quantitative estimate of drug-likeness (QED) is 0.581. The van der Waals surface area contributed by atoms with Crippen LogP contribution in [0.2, 0.25) is 5.02 Å². The first kappa shape index (κ1) is 20.9. The van der Waals surface area contributed by atoms with E-state index in [1.165, 1.54) is 0 Å². The molecule has 1 aromatic heterocycles. The van der Waals surface area contributed by atoms with E-state index in [-0.39, 0.29) is 29.9 Å². The second kappa shape index (κ2) is 8.08. The molecule has 158 valence electrons. The van der Waals surface area contributed by atoms with Gasteiger partial charge in [-0.1, -0.05) is 29.8 Å². The molecule has 2 heterocycles. The van der Waals surface area contributed by atoms with Crippen molar-refractivity contribution in [3.05, 3.63) is 69.9 Å². The van der Waals surface area contributed by atoms with Crippen molar-refractivity contribution in [2.75, 3.05) is 11.5 Å². The van der Waals surface area contributed by atoms with E-state index in [2.05, 4.69) is 6.07 Å². The first-order valence-electron chi connectivity index (χ1n) is 9.93. The topological polar surface area (TPSA) is 67.6 Å². The van der Waals surface area contributed by atoms with Gasteiger partial charge in [0.15, 0.2) is 9.84 Å². The average molecular weight is 446 g/mol. The van der Waals surface area contributed by atoms with Crippen molar-refractivity contribution in [1.29, 1.82) is 0 Å². The number of carbonyl (C=O) groups is 1. The van der Waals surface area contributed by atoms with Crippen molar-refractivity contribution >= 4 is 38.3 Å². The molecule has 0 N–H and O–H groups in total. The largest absolute Gasteiger partial charge is 0.464 e. The smallest absolute Gasteiger partial charge is 0.227 e. The molecule has 0 bridgehead atoms. The van der Waals surface area contributed by atoms with Gasteiger partial charge in [-0.2, -0.15) is 0 Å². The number of fused-ring (bicyclic) bond motifs is 1. The van der Waals surface area contributed by atoms with Gasteiger partial charge in [0.25, 0.3) is 0 Å². The highest BCUT2D eigenvalue weighted by atomic mass is 35.5. The molecular weight excluding hydrogens is 422 g/mol. The Morgan fingerprint density at radius 2 is 2.03 bits per heavy atom. The fourth-order valence-corrected chi connectivity index (χ4v) is 6.24. The zero-order valence-electron chi connectivity index (χ0n) is 17.0. The molecule has 7 heteroatoms. The van der Waals surface area contributed by atoms with Crippen LogP contribution in [0.4, 0.5) is 0 Å². The Kier molecular flexibility index (Phi) is 5.64. The molecule has 0 spiro atoms. The molecule has 30 heavy (non-hydrogen) atoms. The van der Waals surface area contributed by atoms with Gasteiger partial charge in [0.1, 0.15) is 5.58 Å². The maximum absolute atomic E-state index is 13.4. The minimum absolute atomic E-state index is 0.00363. The molecule has 3 aromatic rings. The number of hydrogen-bond acceptors (Lipinski definition) is 4. The van der Waals surface area contributed by atoms with Crippen molar-refractivity contribution < 1.29 is 17.6 Å². The van der Waals surface area contributed by atoms with E-state index >= 15 is 0 Å². The molecule has 1 atom stereocenters. The summed E-state index contributed by atoms with van der Waals surface area (Å²) in [5.41, 5.74) is 4.63. The lowest BCUT2D eigenvalue weighted by Gasteiger charge is -2.28. The van der Waals surface area contributed by atoms with Crippen LogP contribution in [0, 0.1) is 13.8 Å². The number of sulfone groups is 1. The Labute approximate surface area is 181 Å². The van der Waals surface area contributed by atoms with Gasteiger partial charge in [0.2, 0.25) is 5.91 Å². The standard InChI is InChI=1S/C23H24ClNO4S/c1-15-8-16(2)23-18(13-29-21(23)9-15)11-22(26)25(20-6-7-30(27,28)14-20)12-17-4-3-5-19(24)10-17/h3-5,8-10,13,20H,6-7,11-12,14H2,1-2H3/t20-/m1/s1. The number of furan rings is 1. The molecule has 5 nitrogen and oxygen atoms in total. The highest BCUT2D eigenvalue weighted by Crippen LogP contribution is 2.28. The van der Waals surface area contributed by atoms with Crippen molar-refractivity contribution in [3.8, 4) is 0 Å². The van der Waals surface area contributed by atoms with Crippen LogP contribution >= 0.6 is 11.6 Å². The van der Waals surface area contributed by atoms with Crippen LogP contribution in [0.5, 0.6) is 0 Å². The second-order valence-electron chi connectivity index (χ2n) is 8.10. The van der Waals surface area contributed by atoms with E-state index in [1.54, 1.807) is 17.2 Å². The van der Waals surface area contributed by atoms with Crippen molar-refractivity contribution in [2.45, 2.75) is 39.3 Å². The third-order valence-electron chi connectivity index (χ3n) is 5.65. The van der Waals surface area contributed by atoms with Crippen LogP contribution < -0.4 is 0 Å². The lowest BCUT2D eigenvalue weighted by molar-refractivity contribution is -0.133. The minimum Gasteiger partial charge on any atom is -0.464 e. The highest BCUT2D eigenvalue weighted by Gasteiger charge is 2.35. The Bertz CT molecular complexity index is 1220. The van der Waals surface area contributed by atoms with Gasteiger partial charge in [0, 0.05) is 28.6 Å². The maximum Gasteiger partial charge on any atom is 0.227 e. The number of benzene rings is 2. The van der Waals surface area contributed by atoms with Crippen molar-refractivity contribution in [1.82, 2.24) is 4.90 Å². The number of aryl methyl sites for hydroxylation is 2. The zero-order chi connectivity index (χ0) is 21.5. The van der Waals surface area contributed by atoms with Gasteiger partial charge in [-0.05, 0) is 55.2 Å². The van der Waals surface area contributed by atoms with E-state index in [4.69, 9.17) is 16.0 Å². The minimum atomic E-state index is -3.12. The number of halogens is 1. The second-order valence-corrected chi connectivity index (χ2v) is 10.8. The summed E-state index contributed by atoms with van der Waals surface area (Å²) in [4.78, 5) is 15.1. The fourth-order valence-electron chi connectivity index (χ4n) is 4.30. The summed E-state index contributed by atoms with van der Waals surface area (Å²) >= 11 is 6.11. The number of carbonyl (C=O) groups excluding carboxylic acids is 1. The summed E-state index contributed by atoms with van der Waals surface area (Å²) in [7, 11) is -3.12. The number of hydrogen-bond donors (Lipinski definition) is 0. The average Bonchev–Trinajstić information content (AvgIpc) is 3.22. The molecule has 1 aliphatic heterocycles. The molecule has 2 aromatic carbocycles. The van der Waals surface area contributed by atoms with E-state index in [0.717, 1.165) is 33.2 Å². The molecule has 4 rings (SSSR count). The van der Waals surface area contributed by atoms with Gasteiger partial charge in [-0.15, -0.1) is 0 Å². The zero-order valence-corrected chi connectivity index (χ0v) is 18.6. The normalized spacial score (nSPS) is 18.0. The molecule has 0 radical (unpaired) electrons. The van der Waals surface area contributed by atoms with Crippen LogP contribution in [0.1, 0.15) is 28.7 Å². The fraction of sp³-hybridized carbons (Fsp3) is 0.348. The van der Waals surface area contributed by atoms with Crippen LogP contribution in [-0.4, -0.2) is 36.8 Å². The lowest BCUT2D eigenvalue weighted by Crippen LogP contribution is -2.41. The summed E-state index contributed by atoms with van der Waals surface area (Å²) < 4.78 is 29.8. The summed E-state index contributed by atoms with van der Waals surface area (Å²) in [5.74, 6) is 0.00739. The summed E-state index contributed by atoms with van der Waals surface area (Å²) in [6, 6.07) is 11.0. The first-order chi connectivity index (χ1) is 14.2. The van der Waals surface area contributed by atoms with E-state index in [9.17, 15) is 13.2 Å². The van der Waals surface area contributed by atoms with Crippen LogP contribution in [0.25, 0.3) is 11.0 Å². The van der Waals surface area contributed by atoms with Crippen LogP contribution in [0.3, 0.4) is 0 Å². The Hall–Kier alpha value is -2.31. The SMILES string of the molecule is Cc1cc(C)c2c(CC(=O)N(Cc3cccc(Cl)c3)[C@@H]3CCS(=O)(=O)C3)coc2c1. The van der Waals surface area contributed by atoms with Gasteiger partial charge in [0.05, 0.1) is 24.2 Å².